The van der Waals surface area contributed by atoms with Crippen molar-refractivity contribution in [3.05, 3.63) is 257 Å². The molecule has 10 aromatic carbocycles. The summed E-state index contributed by atoms with van der Waals surface area (Å²) in [5, 5.41) is 19.6. The number of aromatic amines is 1. The summed E-state index contributed by atoms with van der Waals surface area (Å²) in [6, 6.07) is 68.0. The third-order valence-corrected chi connectivity index (χ3v) is 26.8. The van der Waals surface area contributed by atoms with Crippen LogP contribution in [0.3, 0.4) is 0 Å². The number of rotatable bonds is 19. The first-order chi connectivity index (χ1) is 70.0. The van der Waals surface area contributed by atoms with Gasteiger partial charge in [-0.3, -0.25) is 28.8 Å². The van der Waals surface area contributed by atoms with E-state index in [9.17, 15) is 47.9 Å². The van der Waals surface area contributed by atoms with Gasteiger partial charge < -0.3 is 89.8 Å². The Balaban J connectivity index is 0.000000154. The number of nitrogens with zero attached hydrogens (tertiary/aromatic N) is 5. The van der Waals surface area contributed by atoms with Crippen LogP contribution in [0.15, 0.2) is 219 Å². The fraction of sp³-hybridized carbons (Fsp3) is 0.378. The van der Waals surface area contributed by atoms with E-state index < -0.39 is 24.4 Å². The molecule has 0 radical (unpaired) electrons. The van der Waals surface area contributed by atoms with Crippen molar-refractivity contribution in [3.8, 4) is 67.1 Å². The predicted molar refractivity (Wildman–Crippen MR) is 583 cm³/mol. The van der Waals surface area contributed by atoms with Gasteiger partial charge in [-0.25, -0.2) is 19.2 Å². The highest BCUT2D eigenvalue weighted by molar-refractivity contribution is 6.00. The highest BCUT2D eigenvalue weighted by Crippen LogP contribution is 2.48. The van der Waals surface area contributed by atoms with Crippen molar-refractivity contribution in [2.45, 2.75) is 269 Å². The van der Waals surface area contributed by atoms with Crippen molar-refractivity contribution in [2.75, 3.05) is 50.6 Å². The average Bonchev–Trinajstić information content (AvgIpc) is 1.19. The lowest BCUT2D eigenvalue weighted by molar-refractivity contribution is -0.118. The minimum absolute atomic E-state index is 0.00220. The first-order valence-electron chi connectivity index (χ1n) is 50.9. The quantitative estimate of drug-likeness (QED) is 0.0370. The number of para-hydroxylation sites is 1. The van der Waals surface area contributed by atoms with E-state index >= 15 is 0 Å². The molecule has 0 spiro atoms. The number of carbonyl (C=O) groups is 10. The molecule has 147 heavy (non-hydrogen) atoms. The van der Waals surface area contributed by atoms with Gasteiger partial charge in [-0.2, -0.15) is 0 Å². The van der Waals surface area contributed by atoms with E-state index in [2.05, 4.69) is 143 Å². The molecule has 7 N–H and O–H groups in total. The van der Waals surface area contributed by atoms with Crippen LogP contribution < -0.4 is 65.9 Å². The van der Waals surface area contributed by atoms with Gasteiger partial charge in [0.15, 0.2) is 0 Å². The second kappa shape index (κ2) is 48.8. The summed E-state index contributed by atoms with van der Waals surface area (Å²) in [6.45, 7) is 39.4. The van der Waals surface area contributed by atoms with E-state index in [1.807, 2.05) is 233 Å². The summed E-state index contributed by atoms with van der Waals surface area (Å²) in [7, 11) is 3.28. The van der Waals surface area contributed by atoms with Crippen LogP contribution in [-0.2, 0) is 54.1 Å². The maximum Gasteiger partial charge on any atom is 0.407 e. The Morgan fingerprint density at radius 1 is 0.354 bits per heavy atom. The predicted octanol–water partition coefficient (Wildman–Crippen LogP) is 24.5. The Morgan fingerprint density at radius 3 is 1.09 bits per heavy atom. The molecular formula is C119H142N12O16. The van der Waals surface area contributed by atoms with Gasteiger partial charge in [0, 0.05) is 129 Å². The van der Waals surface area contributed by atoms with Crippen molar-refractivity contribution in [1.82, 2.24) is 31.6 Å². The number of aromatic nitrogens is 1. The molecule has 17 rings (SSSR count). The van der Waals surface area contributed by atoms with Gasteiger partial charge in [-0.1, -0.05) is 123 Å². The van der Waals surface area contributed by atoms with Gasteiger partial charge in [0.25, 0.3) is 0 Å². The normalized spacial score (nSPS) is 18.5. The number of allylic oxidation sites excluding steroid dienone is 1. The molecule has 10 atom stereocenters. The van der Waals surface area contributed by atoms with Crippen LogP contribution >= 0.6 is 0 Å². The molecule has 1 aliphatic carbocycles. The van der Waals surface area contributed by atoms with Crippen molar-refractivity contribution < 1.29 is 76.4 Å². The fourth-order valence-corrected chi connectivity index (χ4v) is 20.6. The van der Waals surface area contributed by atoms with Crippen LogP contribution in [0.5, 0.6) is 11.5 Å². The molecule has 774 valence electrons. The van der Waals surface area contributed by atoms with Gasteiger partial charge >= 0.3 is 24.4 Å². The van der Waals surface area contributed by atoms with Crippen molar-refractivity contribution in [2.24, 2.45) is 5.92 Å². The summed E-state index contributed by atoms with van der Waals surface area (Å²) >= 11 is 0. The Morgan fingerprint density at radius 2 is 0.701 bits per heavy atom. The Labute approximate surface area is 863 Å². The molecule has 0 fully saturated rings. The van der Waals surface area contributed by atoms with Gasteiger partial charge in [0.2, 0.25) is 35.4 Å². The lowest BCUT2D eigenvalue weighted by Gasteiger charge is -2.39. The highest BCUT2D eigenvalue weighted by atomic mass is 16.6. The number of nitrogens with one attached hydrogen (secondary N) is 7. The van der Waals surface area contributed by atoms with Crippen molar-refractivity contribution in [3.63, 3.8) is 0 Å². The molecule has 28 nitrogen and oxygen atoms in total. The molecule has 1 aromatic heterocycles. The smallest absolute Gasteiger partial charge is 0.407 e. The molecule has 5 aliphatic heterocycles. The minimum atomic E-state index is -0.456. The Kier molecular flexibility index (Phi) is 36.2. The fourth-order valence-electron chi connectivity index (χ4n) is 20.6. The molecule has 0 saturated carbocycles. The first kappa shape index (κ1) is 109. The Bertz CT molecular complexity index is 6660. The number of hydrogen-bond donors (Lipinski definition) is 7. The molecule has 0 unspecified atom stereocenters. The zero-order valence-corrected chi connectivity index (χ0v) is 88.7. The maximum atomic E-state index is 12.3. The van der Waals surface area contributed by atoms with Crippen LogP contribution in [0, 0.1) is 5.92 Å². The molecule has 0 saturated heterocycles. The van der Waals surface area contributed by atoms with Crippen LogP contribution in [0.2, 0.25) is 0 Å². The standard InChI is InChI=1S/C25H28N2O3.C24H27N3O3.C24H31N3O2.2C23H28N2O4/c1-15(2)30-25(29)26-23-12-16(3)27(17(4)28)24-11-10-21(14-22(23)24)20-9-8-18-6-5-7-19(18)13-20;1-14(2)30-24(29)26-22-11-15(3)27(16(4)28)23-8-7-18(12-20(22)23)19-6-5-17-9-10-25-21(17)13-19;1-15(2)14-25-23-11-16(3)27(18(5)29)24-10-9-20(13-22(23)24)19-7-6-8-21(12-19)26-17(4)28;1-14(2)29-23(27)24-21-12-15(3)25(16(4)26)22-11-8-18(13-20(21)22)17-6-9-19(28-5)10-7-17;1-14(2)29-23(27)24-20-12-15(3)25(16(4)26)21-11-10-17(13-19(20)21)18-8-6-7-9-22(18)28-5/h5,7-11,13-16,23H,6,12H2,1-4H3,(H,26,29);5-10,12-15,22,25H,11H2,1-4H3,(H,26,29);6-10,12-13,15-16,23,25H,11,14H2,1-5H3,(H,26,28);6-11,13-15,21H,12H2,1-5H3,(H,24,27);6-11,13-15,20H,12H2,1-5H3,(H,24,27)/t16-,23+;15-,22+;16-,23+;15-,21+;15-,20+/m00000/s1. The number of amides is 10. The van der Waals surface area contributed by atoms with E-state index in [4.69, 9.17) is 28.4 Å². The number of H-pyrrole nitrogens is 1. The van der Waals surface area contributed by atoms with Crippen LogP contribution in [0.1, 0.15) is 247 Å². The van der Waals surface area contributed by atoms with Gasteiger partial charge in [0.05, 0.1) is 62.8 Å². The summed E-state index contributed by atoms with van der Waals surface area (Å²) < 4.78 is 31.9. The van der Waals surface area contributed by atoms with Crippen molar-refractivity contribution in [1.29, 1.82) is 0 Å². The molecule has 6 heterocycles. The summed E-state index contributed by atoms with van der Waals surface area (Å²) in [6.07, 6.45) is 8.03. The molecule has 6 aliphatic rings. The lowest BCUT2D eigenvalue weighted by Crippen LogP contribution is -2.45. The number of methoxy groups -OCH3 is 2. The summed E-state index contributed by atoms with van der Waals surface area (Å²) in [5.74, 6) is 2.05. The topological polar surface area (TPSA) is 330 Å². The van der Waals surface area contributed by atoms with E-state index in [0.29, 0.717) is 31.6 Å². The number of carbonyl (C=O) groups excluding carboxylic acids is 10. The zero-order chi connectivity index (χ0) is 106. The SMILES string of the molecule is CC(=O)N1c2ccc(-c3ccc4c(c3)C=CC4)cc2[C@H](NC(=O)OC(C)C)C[C@@H]1C.CC(=O)N1c2ccc(-c3ccc4cc[nH]c4c3)cc2[C@H](NC(=O)OC(C)C)C[C@@H]1C.CC(=O)Nc1cccc(-c2ccc3c(c2)[C@H](NCC(C)C)C[C@H](C)N3C(C)=O)c1.COc1ccc(-c2ccc3c(c2)[C@H](NC(=O)OC(C)C)C[C@H](C)N3C(C)=O)cc1.COc1ccccc1-c1ccc2c(c1)[C@H](NC(=O)OC(C)C)C[C@H](C)N2C(C)=O. The van der Waals surface area contributed by atoms with Gasteiger partial charge in [-0.05, 0) is 345 Å². The number of fused-ring (bicyclic) bond motifs is 7. The van der Waals surface area contributed by atoms with Crippen LogP contribution in [-0.4, -0.2) is 140 Å². The molecule has 11 aromatic rings. The van der Waals surface area contributed by atoms with E-state index in [1.165, 1.54) is 18.1 Å². The van der Waals surface area contributed by atoms with Gasteiger partial charge in [-0.15, -0.1) is 0 Å². The third kappa shape index (κ3) is 27.0. The molecule has 28 heteroatoms. The van der Waals surface area contributed by atoms with E-state index in [-0.39, 0.29) is 120 Å². The largest absolute Gasteiger partial charge is 0.497 e. The second-order valence-corrected chi connectivity index (χ2v) is 40.2. The number of hydrogen-bond acceptors (Lipinski definition) is 17. The summed E-state index contributed by atoms with van der Waals surface area (Å²) in [5.41, 5.74) is 23.9. The average molecular weight is 2000 g/mol. The number of ether oxygens (including phenoxy) is 6. The number of benzene rings is 10. The van der Waals surface area contributed by atoms with Gasteiger partial charge in [0.1, 0.15) is 11.5 Å². The number of anilines is 6. The zero-order valence-electron chi connectivity index (χ0n) is 88.7. The van der Waals surface area contributed by atoms with Crippen LogP contribution in [0.25, 0.3) is 72.6 Å². The third-order valence-electron chi connectivity index (χ3n) is 26.8. The molecular weight excluding hydrogens is 1850 g/mol. The number of alkyl carbamates (subject to hydrolysis) is 4. The summed E-state index contributed by atoms with van der Waals surface area (Å²) in [4.78, 5) is 134. The van der Waals surface area contributed by atoms with E-state index in [0.717, 1.165) is 159 Å². The second-order valence-electron chi connectivity index (χ2n) is 40.2. The first-order valence-corrected chi connectivity index (χ1v) is 50.9. The monoisotopic (exact) mass is 2000 g/mol. The lowest BCUT2D eigenvalue weighted by atomic mass is 9.88. The Hall–Kier alpha value is -15.1. The highest BCUT2D eigenvalue weighted by Gasteiger charge is 2.41. The van der Waals surface area contributed by atoms with Crippen LogP contribution in [0.4, 0.5) is 53.3 Å². The molecule has 10 amide bonds. The minimum Gasteiger partial charge on any atom is -0.497 e. The maximum absolute atomic E-state index is 12.3. The van der Waals surface area contributed by atoms with Crippen molar-refractivity contribution >= 4 is 111 Å². The van der Waals surface area contributed by atoms with E-state index in [1.54, 1.807) is 63.5 Å². The molecule has 0 bridgehead atoms.